The van der Waals surface area contributed by atoms with Gasteiger partial charge in [0.05, 0.1) is 0 Å². The third-order valence-corrected chi connectivity index (χ3v) is 4.99. The first kappa shape index (κ1) is 25.2. The lowest BCUT2D eigenvalue weighted by molar-refractivity contribution is 0.143. The molecule has 1 fully saturated rings. The summed E-state index contributed by atoms with van der Waals surface area (Å²) in [6.45, 7) is 8.94. The van der Waals surface area contributed by atoms with Gasteiger partial charge in [-0.05, 0) is 56.8 Å². The molecule has 0 saturated carbocycles. The summed E-state index contributed by atoms with van der Waals surface area (Å²) in [5, 5.41) is 6.80. The van der Waals surface area contributed by atoms with Gasteiger partial charge in [-0.2, -0.15) is 0 Å². The van der Waals surface area contributed by atoms with Crippen molar-refractivity contribution in [3.63, 3.8) is 0 Å². The fourth-order valence-electron chi connectivity index (χ4n) is 3.48. The lowest BCUT2D eigenvalue weighted by Crippen LogP contribution is -2.37. The smallest absolute Gasteiger partial charge is 0.191 e. The van der Waals surface area contributed by atoms with E-state index in [1.54, 1.807) is 0 Å². The number of benzene rings is 1. The highest BCUT2D eigenvalue weighted by molar-refractivity contribution is 14.0. The van der Waals surface area contributed by atoms with Gasteiger partial charge in [0.25, 0.3) is 0 Å². The predicted octanol–water partition coefficient (Wildman–Crippen LogP) is 4.16. The van der Waals surface area contributed by atoms with Gasteiger partial charge in [-0.1, -0.05) is 37.1 Å². The average molecular weight is 502 g/mol. The second-order valence-electron chi connectivity index (χ2n) is 7.27. The molecular weight excluding hydrogens is 463 g/mol. The van der Waals surface area contributed by atoms with E-state index in [1.807, 2.05) is 14.0 Å². The van der Waals surface area contributed by atoms with E-state index >= 15 is 0 Å². The van der Waals surface area contributed by atoms with Crippen molar-refractivity contribution in [2.45, 2.75) is 58.5 Å². The number of hydrogen-bond donors (Lipinski definition) is 2. The normalized spacial score (nSPS) is 15.6. The van der Waals surface area contributed by atoms with E-state index in [1.165, 1.54) is 49.9 Å². The molecule has 0 spiro atoms. The lowest BCUT2D eigenvalue weighted by Gasteiger charge is -2.20. The molecule has 0 aliphatic carbocycles. The van der Waals surface area contributed by atoms with Gasteiger partial charge >= 0.3 is 0 Å². The quantitative estimate of drug-likeness (QED) is 0.218. The first-order valence-corrected chi connectivity index (χ1v) is 10.6. The molecule has 1 aromatic carbocycles. The van der Waals surface area contributed by atoms with Gasteiger partial charge in [-0.3, -0.25) is 9.89 Å². The predicted molar refractivity (Wildman–Crippen MR) is 130 cm³/mol. The number of nitrogens with zero attached hydrogens (tertiary/aromatic N) is 2. The fourth-order valence-corrected chi connectivity index (χ4v) is 3.48. The van der Waals surface area contributed by atoms with Gasteiger partial charge in [0.2, 0.25) is 0 Å². The molecule has 0 unspecified atom stereocenters. The van der Waals surface area contributed by atoms with Gasteiger partial charge in [-0.15, -0.1) is 24.0 Å². The zero-order valence-corrected chi connectivity index (χ0v) is 20.0. The molecule has 0 radical (unpaired) electrons. The monoisotopic (exact) mass is 502 g/mol. The zero-order valence-electron chi connectivity index (χ0n) is 17.7. The number of aliphatic imine (C=N–C) groups is 1. The van der Waals surface area contributed by atoms with Crippen molar-refractivity contribution in [3.8, 4) is 0 Å². The highest BCUT2D eigenvalue weighted by atomic mass is 127. The van der Waals surface area contributed by atoms with E-state index in [-0.39, 0.29) is 24.0 Å². The van der Waals surface area contributed by atoms with Crippen molar-refractivity contribution in [3.05, 3.63) is 35.4 Å². The number of halogens is 1. The van der Waals surface area contributed by atoms with Crippen molar-refractivity contribution < 1.29 is 4.74 Å². The van der Waals surface area contributed by atoms with Crippen LogP contribution in [-0.4, -0.2) is 50.8 Å². The molecule has 0 bridgehead atoms. The Kier molecular flexibility index (Phi) is 14.4. The van der Waals surface area contributed by atoms with Crippen LogP contribution in [0.1, 0.15) is 56.6 Å². The molecule has 2 rings (SSSR count). The maximum absolute atomic E-state index is 5.37. The molecule has 1 heterocycles. The van der Waals surface area contributed by atoms with E-state index in [0.717, 1.165) is 51.6 Å². The highest BCUT2D eigenvalue weighted by Crippen LogP contribution is 2.14. The molecule has 0 atom stereocenters. The van der Waals surface area contributed by atoms with Gasteiger partial charge in [0, 0.05) is 39.9 Å². The largest absolute Gasteiger partial charge is 0.382 e. The highest BCUT2D eigenvalue weighted by Gasteiger charge is 2.09. The maximum atomic E-state index is 5.37. The number of guanidine groups is 1. The van der Waals surface area contributed by atoms with Crippen molar-refractivity contribution in [1.29, 1.82) is 0 Å². The molecule has 28 heavy (non-hydrogen) atoms. The van der Waals surface area contributed by atoms with Crippen molar-refractivity contribution in [1.82, 2.24) is 15.5 Å². The number of ether oxygens (including phenoxy) is 1. The Morgan fingerprint density at radius 1 is 1.07 bits per heavy atom. The minimum absolute atomic E-state index is 0. The maximum Gasteiger partial charge on any atom is 0.191 e. The summed E-state index contributed by atoms with van der Waals surface area (Å²) in [5.74, 6) is 0.865. The second-order valence-corrected chi connectivity index (χ2v) is 7.27. The standard InChI is InChI=1S/C22H38N4O.HI/c1-3-27-16-9-6-13-24-22(23-2)25-18-20-11-10-12-21(17-20)19-26-14-7-4-5-8-15-26;/h10-12,17H,3-9,13-16,18-19H2,1-2H3,(H2,23,24,25);1H. The summed E-state index contributed by atoms with van der Waals surface area (Å²) in [4.78, 5) is 6.92. The first-order chi connectivity index (χ1) is 13.3. The minimum Gasteiger partial charge on any atom is -0.382 e. The van der Waals surface area contributed by atoms with Crippen LogP contribution in [0.2, 0.25) is 0 Å². The Bertz CT molecular complexity index is 545. The molecule has 2 N–H and O–H groups in total. The molecule has 160 valence electrons. The number of likely N-dealkylation sites (tertiary alicyclic amines) is 1. The van der Waals surface area contributed by atoms with Gasteiger partial charge in [-0.25, -0.2) is 0 Å². The molecule has 1 aliphatic rings. The van der Waals surface area contributed by atoms with Crippen molar-refractivity contribution >= 4 is 29.9 Å². The Balaban J connectivity index is 0.00000392. The van der Waals surface area contributed by atoms with Crippen LogP contribution in [-0.2, 0) is 17.8 Å². The summed E-state index contributed by atoms with van der Waals surface area (Å²) in [5.41, 5.74) is 2.72. The van der Waals surface area contributed by atoms with Crippen LogP contribution in [0.4, 0.5) is 0 Å². The topological polar surface area (TPSA) is 48.9 Å². The van der Waals surface area contributed by atoms with Crippen LogP contribution in [0.5, 0.6) is 0 Å². The zero-order chi connectivity index (χ0) is 19.2. The third kappa shape index (κ3) is 10.6. The van der Waals surface area contributed by atoms with Gasteiger partial charge in [0.15, 0.2) is 5.96 Å². The summed E-state index contributed by atoms with van der Waals surface area (Å²) >= 11 is 0. The molecule has 0 aromatic heterocycles. The summed E-state index contributed by atoms with van der Waals surface area (Å²) < 4.78 is 5.37. The molecule has 1 aromatic rings. The Morgan fingerprint density at radius 3 is 2.54 bits per heavy atom. The van der Waals surface area contributed by atoms with Crippen LogP contribution in [0.25, 0.3) is 0 Å². The van der Waals surface area contributed by atoms with E-state index in [2.05, 4.69) is 44.8 Å². The van der Waals surface area contributed by atoms with Crippen LogP contribution < -0.4 is 10.6 Å². The molecule has 0 amide bonds. The number of hydrogen-bond acceptors (Lipinski definition) is 3. The van der Waals surface area contributed by atoms with E-state index < -0.39 is 0 Å². The second kappa shape index (κ2) is 16.0. The summed E-state index contributed by atoms with van der Waals surface area (Å²) in [6, 6.07) is 8.94. The molecule has 5 nitrogen and oxygen atoms in total. The van der Waals surface area contributed by atoms with Gasteiger partial charge < -0.3 is 15.4 Å². The number of nitrogens with one attached hydrogen (secondary N) is 2. The third-order valence-electron chi connectivity index (χ3n) is 4.99. The molecular formula is C22H39IN4O. The lowest BCUT2D eigenvalue weighted by atomic mass is 10.1. The Labute approximate surface area is 188 Å². The van der Waals surface area contributed by atoms with Crippen LogP contribution in [0, 0.1) is 0 Å². The summed E-state index contributed by atoms with van der Waals surface area (Å²) in [6.07, 6.45) is 7.63. The van der Waals surface area contributed by atoms with E-state index in [0.29, 0.717) is 0 Å². The number of unbranched alkanes of at least 4 members (excludes halogenated alkanes) is 1. The van der Waals surface area contributed by atoms with Gasteiger partial charge in [0.1, 0.15) is 0 Å². The first-order valence-electron chi connectivity index (χ1n) is 10.6. The minimum atomic E-state index is 0. The SMILES string of the molecule is CCOCCCCNC(=NC)NCc1cccc(CN2CCCCCC2)c1.I. The van der Waals surface area contributed by atoms with Crippen LogP contribution in [0.3, 0.4) is 0 Å². The number of rotatable bonds is 10. The Morgan fingerprint density at radius 2 is 1.82 bits per heavy atom. The summed E-state index contributed by atoms with van der Waals surface area (Å²) in [7, 11) is 1.82. The van der Waals surface area contributed by atoms with Crippen molar-refractivity contribution in [2.24, 2.45) is 4.99 Å². The Hall–Kier alpha value is -0.860. The van der Waals surface area contributed by atoms with E-state index in [4.69, 9.17) is 4.74 Å². The molecule has 6 heteroatoms. The molecule has 1 saturated heterocycles. The van der Waals surface area contributed by atoms with E-state index in [9.17, 15) is 0 Å². The van der Waals surface area contributed by atoms with Crippen LogP contribution in [0.15, 0.2) is 29.3 Å². The van der Waals surface area contributed by atoms with Crippen molar-refractivity contribution in [2.75, 3.05) is 39.9 Å². The average Bonchev–Trinajstić information content (AvgIpc) is 2.96. The van der Waals surface area contributed by atoms with Crippen LogP contribution >= 0.6 is 24.0 Å². The molecule has 1 aliphatic heterocycles. The fraction of sp³-hybridized carbons (Fsp3) is 0.682.